The molecule has 236 valence electrons. The third-order valence-corrected chi connectivity index (χ3v) is 9.88. The Balaban J connectivity index is 1.84. The summed E-state index contributed by atoms with van der Waals surface area (Å²) in [5.41, 5.74) is 1.46. The van der Waals surface area contributed by atoms with Crippen LogP contribution < -0.4 is 9.62 Å². The van der Waals surface area contributed by atoms with Crippen LogP contribution in [0.2, 0.25) is 20.1 Å². The predicted molar refractivity (Wildman–Crippen MR) is 182 cm³/mol. The zero-order valence-electron chi connectivity index (χ0n) is 24.5. The number of hydrogen-bond donors (Lipinski definition) is 1. The number of sulfonamides is 1. The fourth-order valence-electron chi connectivity index (χ4n) is 4.69. The summed E-state index contributed by atoms with van der Waals surface area (Å²) >= 11 is 25.1. The summed E-state index contributed by atoms with van der Waals surface area (Å²) in [4.78, 5) is 29.6. The van der Waals surface area contributed by atoms with Crippen LogP contribution in [0.4, 0.5) is 5.69 Å². The highest BCUT2D eigenvalue weighted by molar-refractivity contribution is 7.92. The van der Waals surface area contributed by atoms with Gasteiger partial charge in [-0.1, -0.05) is 101 Å². The minimum absolute atomic E-state index is 0.0317. The summed E-state index contributed by atoms with van der Waals surface area (Å²) in [6, 6.07) is 25.0. The van der Waals surface area contributed by atoms with Crippen LogP contribution in [0, 0.1) is 0 Å². The number of benzene rings is 4. The Morgan fingerprint density at radius 1 is 0.756 bits per heavy atom. The number of halogens is 4. The molecule has 7 nitrogen and oxygen atoms in total. The fraction of sp³-hybridized carbons (Fsp3) is 0.212. The maximum Gasteiger partial charge on any atom is 0.264 e. The van der Waals surface area contributed by atoms with Crippen LogP contribution in [0.25, 0.3) is 0 Å². The van der Waals surface area contributed by atoms with Gasteiger partial charge in [0.15, 0.2) is 0 Å². The summed E-state index contributed by atoms with van der Waals surface area (Å²) in [6.07, 6.45) is 0.166. The Morgan fingerprint density at radius 2 is 1.40 bits per heavy atom. The Kier molecular flexibility index (Phi) is 11.8. The molecule has 0 saturated carbocycles. The van der Waals surface area contributed by atoms with Crippen molar-refractivity contribution in [3.05, 3.63) is 128 Å². The van der Waals surface area contributed by atoms with Gasteiger partial charge in [0, 0.05) is 24.0 Å². The van der Waals surface area contributed by atoms with E-state index in [1.807, 2.05) is 44.2 Å². The summed E-state index contributed by atoms with van der Waals surface area (Å²) < 4.78 is 29.1. The van der Waals surface area contributed by atoms with E-state index in [0.29, 0.717) is 15.6 Å². The Morgan fingerprint density at radius 3 is 2.00 bits per heavy atom. The van der Waals surface area contributed by atoms with Crippen molar-refractivity contribution in [1.82, 2.24) is 10.2 Å². The van der Waals surface area contributed by atoms with Crippen LogP contribution in [0.1, 0.15) is 25.0 Å². The molecule has 0 aliphatic heterocycles. The fourth-order valence-corrected chi connectivity index (χ4v) is 7.02. The number of anilines is 1. The van der Waals surface area contributed by atoms with Crippen molar-refractivity contribution in [2.75, 3.05) is 10.8 Å². The minimum atomic E-state index is -4.31. The Bertz CT molecular complexity index is 1760. The van der Waals surface area contributed by atoms with E-state index < -0.39 is 34.4 Å². The third kappa shape index (κ3) is 8.93. The highest BCUT2D eigenvalue weighted by Gasteiger charge is 2.35. The van der Waals surface area contributed by atoms with Gasteiger partial charge in [-0.15, -0.1) is 0 Å². The van der Waals surface area contributed by atoms with E-state index in [2.05, 4.69) is 5.32 Å². The van der Waals surface area contributed by atoms with Crippen molar-refractivity contribution in [2.24, 2.45) is 0 Å². The highest BCUT2D eigenvalue weighted by atomic mass is 35.5. The van der Waals surface area contributed by atoms with Crippen molar-refractivity contribution in [3.8, 4) is 0 Å². The highest BCUT2D eigenvalue weighted by Crippen LogP contribution is 2.33. The molecule has 4 rings (SSSR count). The second-order valence-electron chi connectivity index (χ2n) is 10.6. The summed E-state index contributed by atoms with van der Waals surface area (Å²) in [7, 11) is -4.31. The molecule has 4 aromatic carbocycles. The van der Waals surface area contributed by atoms with E-state index in [1.165, 1.54) is 35.2 Å². The maximum absolute atomic E-state index is 14.5. The molecule has 2 amide bonds. The number of nitrogens with zero attached hydrogens (tertiary/aromatic N) is 2. The van der Waals surface area contributed by atoms with E-state index in [9.17, 15) is 18.0 Å². The lowest BCUT2D eigenvalue weighted by Gasteiger charge is -2.34. The quantitative estimate of drug-likeness (QED) is 0.164. The van der Waals surface area contributed by atoms with Crippen LogP contribution in [0.5, 0.6) is 0 Å². The zero-order chi connectivity index (χ0) is 32.7. The molecule has 0 heterocycles. The Hall–Kier alpha value is -3.27. The Labute approximate surface area is 283 Å². The first-order chi connectivity index (χ1) is 21.4. The number of carbonyl (C=O) groups excluding carboxylic acids is 2. The maximum atomic E-state index is 14.5. The van der Waals surface area contributed by atoms with Gasteiger partial charge in [0.2, 0.25) is 11.8 Å². The standard InChI is InChI=1S/C33H31Cl4N3O4S/c1-22(2)38-33(42)31(18-23-9-5-3-6-10-23)39(20-24-13-15-27(35)28(36)17-24)32(41)21-40(30-16-14-25(34)19-29(30)37)45(43,44)26-11-7-4-8-12-26/h3-17,19,22,31H,18,20-21H2,1-2H3,(H,38,42)/t31-/m0/s1. The van der Waals surface area contributed by atoms with E-state index in [0.717, 1.165) is 9.87 Å². The minimum Gasteiger partial charge on any atom is -0.352 e. The average Bonchev–Trinajstić information content (AvgIpc) is 3.00. The first-order valence-corrected chi connectivity index (χ1v) is 16.9. The summed E-state index contributed by atoms with van der Waals surface area (Å²) in [5, 5.41) is 3.84. The molecule has 4 aromatic rings. The van der Waals surface area contributed by atoms with Gasteiger partial charge in [-0.3, -0.25) is 13.9 Å². The molecule has 0 spiro atoms. The second kappa shape index (κ2) is 15.3. The molecule has 45 heavy (non-hydrogen) atoms. The van der Waals surface area contributed by atoms with Crippen LogP contribution in [-0.2, 0) is 32.6 Å². The number of hydrogen-bond acceptors (Lipinski definition) is 4. The first kappa shape index (κ1) is 34.6. The zero-order valence-corrected chi connectivity index (χ0v) is 28.3. The van der Waals surface area contributed by atoms with Crippen LogP contribution in [-0.4, -0.2) is 43.8 Å². The molecule has 0 radical (unpaired) electrons. The van der Waals surface area contributed by atoms with Crippen LogP contribution in [0.3, 0.4) is 0 Å². The van der Waals surface area contributed by atoms with Crippen molar-refractivity contribution >= 4 is 73.9 Å². The molecule has 0 fully saturated rings. The number of rotatable bonds is 12. The molecule has 1 atom stereocenters. The molecule has 12 heteroatoms. The van der Waals surface area contributed by atoms with E-state index >= 15 is 0 Å². The molecule has 0 saturated heterocycles. The van der Waals surface area contributed by atoms with Gasteiger partial charge in [-0.2, -0.15) is 0 Å². The van der Waals surface area contributed by atoms with Crippen molar-refractivity contribution < 1.29 is 18.0 Å². The number of carbonyl (C=O) groups is 2. The largest absolute Gasteiger partial charge is 0.352 e. The van der Waals surface area contributed by atoms with Gasteiger partial charge in [-0.25, -0.2) is 8.42 Å². The van der Waals surface area contributed by atoms with Crippen molar-refractivity contribution in [2.45, 2.75) is 43.8 Å². The lowest BCUT2D eigenvalue weighted by atomic mass is 10.0. The SMILES string of the molecule is CC(C)NC(=O)[C@H](Cc1ccccc1)N(Cc1ccc(Cl)c(Cl)c1)C(=O)CN(c1ccc(Cl)cc1Cl)S(=O)(=O)c1ccccc1. The molecular formula is C33H31Cl4N3O4S. The van der Waals surface area contributed by atoms with Gasteiger partial charge in [-0.05, 0) is 67.4 Å². The van der Waals surface area contributed by atoms with Crippen molar-refractivity contribution in [1.29, 1.82) is 0 Å². The van der Waals surface area contributed by atoms with Gasteiger partial charge in [0.25, 0.3) is 10.0 Å². The lowest BCUT2D eigenvalue weighted by Crippen LogP contribution is -2.54. The van der Waals surface area contributed by atoms with Gasteiger partial charge in [0.1, 0.15) is 12.6 Å². The van der Waals surface area contributed by atoms with Gasteiger partial charge >= 0.3 is 0 Å². The first-order valence-electron chi connectivity index (χ1n) is 14.0. The van der Waals surface area contributed by atoms with E-state index in [1.54, 1.807) is 36.4 Å². The van der Waals surface area contributed by atoms with Gasteiger partial charge in [0.05, 0.1) is 25.7 Å². The molecule has 0 bridgehead atoms. The van der Waals surface area contributed by atoms with Crippen LogP contribution in [0.15, 0.2) is 102 Å². The lowest BCUT2D eigenvalue weighted by molar-refractivity contribution is -0.140. The van der Waals surface area contributed by atoms with E-state index in [-0.39, 0.29) is 39.6 Å². The number of nitrogens with one attached hydrogen (secondary N) is 1. The molecule has 0 unspecified atom stereocenters. The second-order valence-corrected chi connectivity index (χ2v) is 14.1. The normalized spacial score (nSPS) is 12.1. The summed E-state index contributed by atoms with van der Waals surface area (Å²) in [5.74, 6) is -1.05. The van der Waals surface area contributed by atoms with Gasteiger partial charge < -0.3 is 10.2 Å². The predicted octanol–water partition coefficient (Wildman–Crippen LogP) is 7.66. The average molecular weight is 708 g/mol. The molecule has 0 aromatic heterocycles. The van der Waals surface area contributed by atoms with Crippen LogP contribution >= 0.6 is 46.4 Å². The molecule has 1 N–H and O–H groups in total. The molecule has 0 aliphatic carbocycles. The van der Waals surface area contributed by atoms with Crippen molar-refractivity contribution in [3.63, 3.8) is 0 Å². The smallest absolute Gasteiger partial charge is 0.264 e. The number of amides is 2. The topological polar surface area (TPSA) is 86.8 Å². The third-order valence-electron chi connectivity index (χ3n) is 6.83. The van der Waals surface area contributed by atoms with E-state index in [4.69, 9.17) is 46.4 Å². The molecular weight excluding hydrogens is 676 g/mol. The monoisotopic (exact) mass is 705 g/mol. The summed E-state index contributed by atoms with van der Waals surface area (Å²) in [6.45, 7) is 2.91. The molecule has 0 aliphatic rings.